The first-order chi connectivity index (χ1) is 10.5. The summed E-state index contributed by atoms with van der Waals surface area (Å²) in [5.74, 6) is 2.19. The molecule has 1 fully saturated rings. The molecule has 5 nitrogen and oxygen atoms in total. The summed E-state index contributed by atoms with van der Waals surface area (Å²) in [6.07, 6.45) is 2.61. The van der Waals surface area contributed by atoms with E-state index in [9.17, 15) is 4.79 Å². The lowest BCUT2D eigenvalue weighted by Crippen LogP contribution is -2.26. The summed E-state index contributed by atoms with van der Waals surface area (Å²) in [6, 6.07) is 0. The SMILES string of the molecule is CCN(CC1CC1)c1nc(C)nc2sc(C(=O)OC)c(C)c12. The first kappa shape index (κ1) is 15.2. The zero-order valence-electron chi connectivity index (χ0n) is 13.5. The number of thiophene rings is 1. The minimum Gasteiger partial charge on any atom is -0.465 e. The van der Waals surface area contributed by atoms with E-state index in [1.54, 1.807) is 0 Å². The number of hydrogen-bond donors (Lipinski definition) is 0. The number of rotatable bonds is 5. The van der Waals surface area contributed by atoms with Gasteiger partial charge in [0.2, 0.25) is 0 Å². The second kappa shape index (κ2) is 5.83. The molecule has 0 N–H and O–H groups in total. The maximum Gasteiger partial charge on any atom is 0.348 e. The van der Waals surface area contributed by atoms with Gasteiger partial charge in [-0.1, -0.05) is 0 Å². The number of fused-ring (bicyclic) bond motifs is 1. The van der Waals surface area contributed by atoms with E-state index < -0.39 is 0 Å². The largest absolute Gasteiger partial charge is 0.465 e. The lowest BCUT2D eigenvalue weighted by atomic mass is 10.2. The van der Waals surface area contributed by atoms with Crippen LogP contribution < -0.4 is 4.90 Å². The van der Waals surface area contributed by atoms with Gasteiger partial charge in [-0.15, -0.1) is 11.3 Å². The molecule has 0 unspecified atom stereocenters. The monoisotopic (exact) mass is 319 g/mol. The molecule has 0 radical (unpaired) electrons. The van der Waals surface area contributed by atoms with Crippen LogP contribution in [-0.2, 0) is 4.74 Å². The number of ether oxygens (including phenoxy) is 1. The van der Waals surface area contributed by atoms with Crippen molar-refractivity contribution in [2.45, 2.75) is 33.6 Å². The van der Waals surface area contributed by atoms with Crippen LogP contribution in [0.4, 0.5) is 5.82 Å². The van der Waals surface area contributed by atoms with Crippen molar-refractivity contribution in [1.82, 2.24) is 9.97 Å². The average molecular weight is 319 g/mol. The lowest BCUT2D eigenvalue weighted by molar-refractivity contribution is 0.0605. The molecule has 1 aliphatic rings. The maximum atomic E-state index is 12.0. The predicted molar refractivity (Wildman–Crippen MR) is 88.8 cm³/mol. The Morgan fingerprint density at radius 3 is 2.68 bits per heavy atom. The summed E-state index contributed by atoms with van der Waals surface area (Å²) < 4.78 is 4.89. The van der Waals surface area contributed by atoms with E-state index in [0.29, 0.717) is 4.88 Å². The summed E-state index contributed by atoms with van der Waals surface area (Å²) in [4.78, 5) is 25.0. The second-order valence-electron chi connectivity index (χ2n) is 5.80. The van der Waals surface area contributed by atoms with E-state index in [2.05, 4.69) is 21.8 Å². The van der Waals surface area contributed by atoms with Crippen molar-refractivity contribution in [1.29, 1.82) is 0 Å². The predicted octanol–water partition coefficient (Wildman–Crippen LogP) is 3.33. The number of esters is 1. The molecule has 0 aliphatic heterocycles. The number of aryl methyl sites for hydroxylation is 2. The van der Waals surface area contributed by atoms with Crippen LogP contribution in [0.2, 0.25) is 0 Å². The highest BCUT2D eigenvalue weighted by Gasteiger charge is 2.27. The number of aromatic nitrogens is 2. The van der Waals surface area contributed by atoms with Gasteiger partial charge in [0.1, 0.15) is 21.3 Å². The molecule has 0 atom stereocenters. The molecule has 1 aliphatic carbocycles. The Morgan fingerprint density at radius 1 is 1.36 bits per heavy atom. The highest BCUT2D eigenvalue weighted by atomic mass is 32.1. The van der Waals surface area contributed by atoms with Gasteiger partial charge in [0.05, 0.1) is 12.5 Å². The van der Waals surface area contributed by atoms with Gasteiger partial charge in [-0.3, -0.25) is 0 Å². The number of carbonyl (C=O) groups is 1. The summed E-state index contributed by atoms with van der Waals surface area (Å²) in [6.45, 7) is 7.95. The molecule has 0 amide bonds. The first-order valence-electron chi connectivity index (χ1n) is 7.66. The van der Waals surface area contributed by atoms with Crippen LogP contribution >= 0.6 is 11.3 Å². The number of nitrogens with zero attached hydrogens (tertiary/aromatic N) is 3. The van der Waals surface area contributed by atoms with Crippen LogP contribution in [0.25, 0.3) is 10.2 Å². The Bertz CT molecular complexity index is 722. The third kappa shape index (κ3) is 2.67. The van der Waals surface area contributed by atoms with Crippen molar-refractivity contribution in [2.75, 3.05) is 25.1 Å². The van der Waals surface area contributed by atoms with E-state index in [1.807, 2.05) is 13.8 Å². The van der Waals surface area contributed by atoms with Crippen LogP contribution in [0, 0.1) is 19.8 Å². The van der Waals surface area contributed by atoms with Crippen LogP contribution in [0.5, 0.6) is 0 Å². The molecule has 1 saturated carbocycles. The molecular formula is C16H21N3O2S. The minimum atomic E-state index is -0.297. The lowest BCUT2D eigenvalue weighted by Gasteiger charge is -2.23. The standard InChI is InChI=1S/C16H21N3O2S/c1-5-19(8-11-6-7-11)14-12-9(2)13(16(20)21-4)22-15(12)18-10(3)17-14/h11H,5-8H2,1-4H3. The molecule has 0 bridgehead atoms. The summed E-state index contributed by atoms with van der Waals surface area (Å²) in [7, 11) is 1.41. The second-order valence-corrected chi connectivity index (χ2v) is 6.80. The highest BCUT2D eigenvalue weighted by molar-refractivity contribution is 7.20. The molecule has 2 heterocycles. The molecule has 2 aromatic rings. The molecular weight excluding hydrogens is 298 g/mol. The Morgan fingerprint density at radius 2 is 2.09 bits per heavy atom. The van der Waals surface area contributed by atoms with Crippen molar-refractivity contribution in [3.63, 3.8) is 0 Å². The molecule has 118 valence electrons. The van der Waals surface area contributed by atoms with Gasteiger partial charge in [-0.2, -0.15) is 0 Å². The smallest absolute Gasteiger partial charge is 0.348 e. The van der Waals surface area contributed by atoms with Gasteiger partial charge >= 0.3 is 5.97 Å². The summed E-state index contributed by atoms with van der Waals surface area (Å²) in [5, 5.41) is 0.999. The zero-order valence-corrected chi connectivity index (χ0v) is 14.3. The van der Waals surface area contributed by atoms with Crippen LogP contribution in [-0.4, -0.2) is 36.1 Å². The molecule has 2 aromatic heterocycles. The van der Waals surface area contributed by atoms with E-state index in [4.69, 9.17) is 4.74 Å². The minimum absolute atomic E-state index is 0.297. The van der Waals surface area contributed by atoms with E-state index in [0.717, 1.165) is 46.4 Å². The number of methoxy groups -OCH3 is 1. The molecule has 22 heavy (non-hydrogen) atoms. The van der Waals surface area contributed by atoms with Crippen molar-refractivity contribution < 1.29 is 9.53 Å². The molecule has 0 aromatic carbocycles. The average Bonchev–Trinajstić information content (AvgIpc) is 3.26. The fourth-order valence-electron chi connectivity index (χ4n) is 2.72. The van der Waals surface area contributed by atoms with Gasteiger partial charge in [-0.25, -0.2) is 14.8 Å². The van der Waals surface area contributed by atoms with Crippen molar-refractivity contribution in [2.24, 2.45) is 5.92 Å². The van der Waals surface area contributed by atoms with Gasteiger partial charge in [0.25, 0.3) is 0 Å². The Kier molecular flexibility index (Phi) is 4.04. The van der Waals surface area contributed by atoms with Gasteiger partial charge in [0.15, 0.2) is 0 Å². The van der Waals surface area contributed by atoms with E-state index >= 15 is 0 Å². The number of anilines is 1. The van der Waals surface area contributed by atoms with Crippen molar-refractivity contribution in [3.8, 4) is 0 Å². The van der Waals surface area contributed by atoms with Crippen LogP contribution in [0.15, 0.2) is 0 Å². The van der Waals surface area contributed by atoms with Crippen LogP contribution in [0.3, 0.4) is 0 Å². The van der Waals surface area contributed by atoms with Gasteiger partial charge in [-0.05, 0) is 45.1 Å². The third-order valence-corrected chi connectivity index (χ3v) is 5.28. The van der Waals surface area contributed by atoms with Gasteiger partial charge < -0.3 is 9.64 Å². The molecule has 3 rings (SSSR count). The van der Waals surface area contributed by atoms with Crippen molar-refractivity contribution in [3.05, 3.63) is 16.3 Å². The first-order valence-corrected chi connectivity index (χ1v) is 8.47. The third-order valence-electron chi connectivity index (χ3n) is 4.11. The van der Waals surface area contributed by atoms with E-state index in [1.165, 1.54) is 31.3 Å². The normalized spacial score (nSPS) is 14.4. The molecule has 6 heteroatoms. The van der Waals surface area contributed by atoms with Crippen LogP contribution in [0.1, 0.15) is 40.8 Å². The number of hydrogen-bond acceptors (Lipinski definition) is 6. The number of carbonyl (C=O) groups excluding carboxylic acids is 1. The topological polar surface area (TPSA) is 55.3 Å². The Balaban J connectivity index is 2.15. The fraction of sp³-hybridized carbons (Fsp3) is 0.562. The Hall–Kier alpha value is -1.69. The van der Waals surface area contributed by atoms with Crippen molar-refractivity contribution >= 4 is 33.3 Å². The summed E-state index contributed by atoms with van der Waals surface area (Å²) >= 11 is 1.39. The zero-order chi connectivity index (χ0) is 15.9. The fourth-order valence-corrected chi connectivity index (χ4v) is 3.85. The highest BCUT2D eigenvalue weighted by Crippen LogP contribution is 2.37. The Labute approximate surface area is 134 Å². The summed E-state index contributed by atoms with van der Waals surface area (Å²) in [5.41, 5.74) is 0.927. The molecule has 0 saturated heterocycles. The van der Waals surface area contributed by atoms with E-state index in [-0.39, 0.29) is 5.97 Å². The maximum absolute atomic E-state index is 12.0. The molecule has 0 spiro atoms. The van der Waals surface area contributed by atoms with Gasteiger partial charge in [0, 0.05) is 13.1 Å². The quantitative estimate of drug-likeness (QED) is 0.791.